The normalized spacial score (nSPS) is 9.20. The summed E-state index contributed by atoms with van der Waals surface area (Å²) < 4.78 is 0. The molecule has 0 aliphatic carbocycles. The molecule has 0 saturated carbocycles. The Bertz CT molecular complexity index is 239. The summed E-state index contributed by atoms with van der Waals surface area (Å²) in [6.45, 7) is 2.11. The Morgan fingerprint density at radius 2 is 2.50 bits per heavy atom. The predicted molar refractivity (Wildman–Crippen MR) is 46.2 cm³/mol. The van der Waals surface area contributed by atoms with Crippen molar-refractivity contribution in [3.63, 3.8) is 0 Å². The molecule has 10 heavy (non-hydrogen) atoms. The highest BCUT2D eigenvalue weighted by atomic mass is 32.1. The molecule has 0 amide bonds. The lowest BCUT2D eigenvalue weighted by atomic mass is 10.2. The highest BCUT2D eigenvalue weighted by molar-refractivity contribution is 7.10. The van der Waals surface area contributed by atoms with Crippen LogP contribution in [0.1, 0.15) is 16.9 Å². The first-order valence-corrected chi connectivity index (χ1v) is 4.18. The number of hydrogen-bond donors (Lipinski definition) is 0. The lowest BCUT2D eigenvalue weighted by molar-refractivity contribution is 1.06. The van der Waals surface area contributed by atoms with E-state index in [1.165, 1.54) is 10.4 Å². The van der Waals surface area contributed by atoms with E-state index in [1.807, 2.05) is 0 Å². The summed E-state index contributed by atoms with van der Waals surface area (Å²) in [6, 6.07) is 2.20. The first kappa shape index (κ1) is 7.37. The molecule has 1 rings (SSSR count). The van der Waals surface area contributed by atoms with Crippen molar-refractivity contribution in [1.82, 2.24) is 0 Å². The van der Waals surface area contributed by atoms with Crippen LogP contribution < -0.4 is 0 Å². The first-order valence-electron chi connectivity index (χ1n) is 3.30. The number of rotatable bonds is 2. The largest absolute Gasteiger partial charge is 0.149 e. The minimum absolute atomic E-state index is 0.861. The van der Waals surface area contributed by atoms with E-state index in [2.05, 4.69) is 24.3 Å². The topological polar surface area (TPSA) is 0 Å². The van der Waals surface area contributed by atoms with Crippen molar-refractivity contribution in [3.05, 3.63) is 21.9 Å². The van der Waals surface area contributed by atoms with Crippen LogP contribution in [0.3, 0.4) is 0 Å². The van der Waals surface area contributed by atoms with Gasteiger partial charge in [0.15, 0.2) is 0 Å². The van der Waals surface area contributed by atoms with Crippen LogP contribution in [-0.2, 0) is 6.42 Å². The van der Waals surface area contributed by atoms with Gasteiger partial charge in [-0.05, 0) is 30.4 Å². The molecule has 0 unspecified atom stereocenters. The molecule has 0 atom stereocenters. The van der Waals surface area contributed by atoms with Crippen molar-refractivity contribution in [2.24, 2.45) is 0 Å². The Morgan fingerprint density at radius 1 is 1.70 bits per heavy atom. The molecule has 0 spiro atoms. The van der Waals surface area contributed by atoms with Crippen molar-refractivity contribution < 1.29 is 0 Å². The fourth-order valence-electron chi connectivity index (χ4n) is 0.817. The fourth-order valence-corrected chi connectivity index (χ4v) is 1.70. The summed E-state index contributed by atoms with van der Waals surface area (Å²) >= 11 is 1.79. The lowest BCUT2D eigenvalue weighted by Gasteiger charge is -1.86. The van der Waals surface area contributed by atoms with Gasteiger partial charge in [-0.3, -0.25) is 0 Å². The molecule has 0 nitrogen and oxygen atoms in total. The molecule has 52 valence electrons. The van der Waals surface area contributed by atoms with Gasteiger partial charge in [-0.25, -0.2) is 0 Å². The molecule has 1 heteroatoms. The third-order valence-corrected chi connectivity index (χ3v) is 2.41. The molecule has 0 bridgehead atoms. The maximum Gasteiger partial charge on any atom is 0.0134 e. The SMILES string of the molecule is C#CCCc1cc(C)cs1. The van der Waals surface area contributed by atoms with Gasteiger partial charge < -0.3 is 0 Å². The van der Waals surface area contributed by atoms with Crippen LogP contribution in [0.4, 0.5) is 0 Å². The van der Waals surface area contributed by atoms with E-state index in [4.69, 9.17) is 6.42 Å². The summed E-state index contributed by atoms with van der Waals surface area (Å²) in [6.07, 6.45) is 7.04. The first-order chi connectivity index (χ1) is 4.83. The Kier molecular flexibility index (Phi) is 2.53. The van der Waals surface area contributed by atoms with E-state index in [1.54, 1.807) is 11.3 Å². The number of hydrogen-bond acceptors (Lipinski definition) is 1. The van der Waals surface area contributed by atoms with Crippen molar-refractivity contribution in [3.8, 4) is 12.3 Å². The van der Waals surface area contributed by atoms with Crippen LogP contribution in [0, 0.1) is 19.3 Å². The Labute approximate surface area is 65.9 Å². The maximum atomic E-state index is 5.14. The molecule has 0 radical (unpaired) electrons. The second-order valence-corrected chi connectivity index (χ2v) is 3.29. The van der Waals surface area contributed by atoms with E-state index in [9.17, 15) is 0 Å². The molecule has 0 aliphatic rings. The summed E-state index contributed by atoms with van der Waals surface area (Å²) in [5, 5.41) is 2.16. The van der Waals surface area contributed by atoms with E-state index >= 15 is 0 Å². The summed E-state index contributed by atoms with van der Waals surface area (Å²) in [4.78, 5) is 1.40. The molecule has 1 heterocycles. The number of terminal acetylenes is 1. The van der Waals surface area contributed by atoms with Crippen molar-refractivity contribution in [2.45, 2.75) is 19.8 Å². The van der Waals surface area contributed by atoms with Crippen LogP contribution in [0.25, 0.3) is 0 Å². The third-order valence-electron chi connectivity index (χ3n) is 1.30. The monoisotopic (exact) mass is 150 g/mol. The predicted octanol–water partition coefficient (Wildman–Crippen LogP) is 2.62. The highest BCUT2D eigenvalue weighted by Crippen LogP contribution is 2.14. The fraction of sp³-hybridized carbons (Fsp3) is 0.333. The Balaban J connectivity index is 2.52. The Hall–Kier alpha value is -0.740. The van der Waals surface area contributed by atoms with Gasteiger partial charge in [0.05, 0.1) is 0 Å². The minimum atomic E-state index is 0.861. The summed E-state index contributed by atoms with van der Waals surface area (Å²) in [7, 11) is 0. The zero-order valence-electron chi connectivity index (χ0n) is 6.05. The lowest BCUT2D eigenvalue weighted by Crippen LogP contribution is -1.74. The third kappa shape index (κ3) is 1.89. The molecule has 0 fully saturated rings. The van der Waals surface area contributed by atoms with Gasteiger partial charge in [-0.15, -0.1) is 23.7 Å². The molecular weight excluding hydrogens is 140 g/mol. The van der Waals surface area contributed by atoms with Crippen molar-refractivity contribution >= 4 is 11.3 Å². The molecule has 0 N–H and O–H groups in total. The zero-order chi connectivity index (χ0) is 7.40. The quantitative estimate of drug-likeness (QED) is 0.568. The summed E-state index contributed by atoms with van der Waals surface area (Å²) in [5.74, 6) is 2.63. The molecule has 1 aromatic rings. The standard InChI is InChI=1S/C9H10S/c1-3-4-5-9-6-8(2)7-10-9/h1,6-7H,4-5H2,2H3. The second-order valence-electron chi connectivity index (χ2n) is 2.29. The average Bonchev–Trinajstić information content (AvgIpc) is 2.31. The van der Waals surface area contributed by atoms with Gasteiger partial charge >= 0.3 is 0 Å². The van der Waals surface area contributed by atoms with Crippen LogP contribution in [-0.4, -0.2) is 0 Å². The zero-order valence-corrected chi connectivity index (χ0v) is 6.87. The molecule has 0 aromatic carbocycles. The van der Waals surface area contributed by atoms with Gasteiger partial charge in [0.2, 0.25) is 0 Å². The average molecular weight is 150 g/mol. The second kappa shape index (κ2) is 3.43. The van der Waals surface area contributed by atoms with E-state index in [-0.39, 0.29) is 0 Å². The van der Waals surface area contributed by atoms with Crippen LogP contribution in [0.5, 0.6) is 0 Å². The van der Waals surface area contributed by atoms with Crippen LogP contribution in [0.15, 0.2) is 11.4 Å². The van der Waals surface area contributed by atoms with Gasteiger partial charge in [0.25, 0.3) is 0 Å². The van der Waals surface area contributed by atoms with Crippen LogP contribution in [0.2, 0.25) is 0 Å². The molecule has 0 aliphatic heterocycles. The molecule has 1 aromatic heterocycles. The van der Waals surface area contributed by atoms with Gasteiger partial charge in [-0.1, -0.05) is 0 Å². The van der Waals surface area contributed by atoms with E-state index < -0.39 is 0 Å². The van der Waals surface area contributed by atoms with Gasteiger partial charge in [-0.2, -0.15) is 0 Å². The number of thiophene rings is 1. The molecule has 0 saturated heterocycles. The van der Waals surface area contributed by atoms with Crippen molar-refractivity contribution in [1.29, 1.82) is 0 Å². The minimum Gasteiger partial charge on any atom is -0.149 e. The molecular formula is C9H10S. The van der Waals surface area contributed by atoms with Gasteiger partial charge in [0.1, 0.15) is 0 Å². The number of aryl methyl sites for hydroxylation is 2. The van der Waals surface area contributed by atoms with E-state index in [0.717, 1.165) is 12.8 Å². The highest BCUT2D eigenvalue weighted by Gasteiger charge is 1.93. The Morgan fingerprint density at radius 3 is 3.00 bits per heavy atom. The van der Waals surface area contributed by atoms with Crippen LogP contribution >= 0.6 is 11.3 Å². The summed E-state index contributed by atoms with van der Waals surface area (Å²) in [5.41, 5.74) is 1.34. The smallest absolute Gasteiger partial charge is 0.0134 e. The van der Waals surface area contributed by atoms with E-state index in [0.29, 0.717) is 0 Å². The van der Waals surface area contributed by atoms with Crippen molar-refractivity contribution in [2.75, 3.05) is 0 Å². The van der Waals surface area contributed by atoms with Gasteiger partial charge in [0, 0.05) is 11.3 Å². The maximum absolute atomic E-state index is 5.14.